The molecular weight excluding hydrogens is 264 g/mol. The van der Waals surface area contributed by atoms with E-state index in [4.69, 9.17) is 4.74 Å². The summed E-state index contributed by atoms with van der Waals surface area (Å²) < 4.78 is 4.98. The Kier molecular flexibility index (Phi) is 5.79. The molecule has 0 unspecified atom stereocenters. The molecular formula is C17H20N2O2. The third kappa shape index (κ3) is 5.28. The first kappa shape index (κ1) is 15.1. The molecule has 2 aromatic rings. The van der Waals surface area contributed by atoms with Gasteiger partial charge in [0, 0.05) is 25.0 Å². The minimum absolute atomic E-state index is 0.0127. The van der Waals surface area contributed by atoms with Crippen LogP contribution in [0.1, 0.15) is 5.56 Å². The van der Waals surface area contributed by atoms with Crippen LogP contribution in [0.5, 0.6) is 0 Å². The molecule has 21 heavy (non-hydrogen) atoms. The Labute approximate surface area is 125 Å². The van der Waals surface area contributed by atoms with Gasteiger partial charge in [-0.25, -0.2) is 0 Å². The van der Waals surface area contributed by atoms with Gasteiger partial charge in [-0.2, -0.15) is 0 Å². The SMILES string of the molecule is COCCNc1ccc(NC(=O)Cc2ccccc2)cc1. The van der Waals surface area contributed by atoms with Crippen LogP contribution in [-0.2, 0) is 16.0 Å². The molecule has 0 aliphatic carbocycles. The fraction of sp³-hybridized carbons (Fsp3) is 0.235. The molecule has 2 aromatic carbocycles. The molecule has 0 spiro atoms. The number of ether oxygens (including phenoxy) is 1. The van der Waals surface area contributed by atoms with Crippen molar-refractivity contribution >= 4 is 17.3 Å². The van der Waals surface area contributed by atoms with Gasteiger partial charge in [0.05, 0.1) is 13.0 Å². The molecule has 0 atom stereocenters. The van der Waals surface area contributed by atoms with E-state index in [9.17, 15) is 4.79 Å². The smallest absolute Gasteiger partial charge is 0.228 e. The number of carbonyl (C=O) groups is 1. The van der Waals surface area contributed by atoms with E-state index >= 15 is 0 Å². The molecule has 0 heterocycles. The zero-order chi connectivity index (χ0) is 14.9. The second-order valence-corrected chi connectivity index (χ2v) is 4.71. The maximum absolute atomic E-state index is 11.9. The summed E-state index contributed by atoms with van der Waals surface area (Å²) in [5.74, 6) is -0.0127. The van der Waals surface area contributed by atoms with Gasteiger partial charge in [-0.3, -0.25) is 4.79 Å². The lowest BCUT2D eigenvalue weighted by molar-refractivity contribution is -0.115. The number of anilines is 2. The second kappa shape index (κ2) is 8.07. The largest absolute Gasteiger partial charge is 0.383 e. The summed E-state index contributed by atoms with van der Waals surface area (Å²) in [6, 6.07) is 17.4. The molecule has 110 valence electrons. The first-order chi connectivity index (χ1) is 10.3. The van der Waals surface area contributed by atoms with Gasteiger partial charge in [0.15, 0.2) is 0 Å². The number of carbonyl (C=O) groups excluding carboxylic acids is 1. The first-order valence-corrected chi connectivity index (χ1v) is 6.94. The van der Waals surface area contributed by atoms with Gasteiger partial charge in [-0.15, -0.1) is 0 Å². The lowest BCUT2D eigenvalue weighted by Crippen LogP contribution is -2.14. The third-order valence-corrected chi connectivity index (χ3v) is 3.01. The standard InChI is InChI=1S/C17H20N2O2/c1-21-12-11-18-15-7-9-16(10-8-15)19-17(20)13-14-5-3-2-4-6-14/h2-10,18H,11-13H2,1H3,(H,19,20). The molecule has 0 radical (unpaired) electrons. The molecule has 0 saturated heterocycles. The van der Waals surface area contributed by atoms with E-state index in [1.54, 1.807) is 7.11 Å². The number of rotatable bonds is 7. The average molecular weight is 284 g/mol. The Morgan fingerprint density at radius 3 is 2.33 bits per heavy atom. The number of amides is 1. The van der Waals surface area contributed by atoms with Crippen molar-refractivity contribution in [1.82, 2.24) is 0 Å². The van der Waals surface area contributed by atoms with Crippen molar-refractivity contribution in [2.24, 2.45) is 0 Å². The average Bonchev–Trinajstić information content (AvgIpc) is 2.50. The molecule has 0 bridgehead atoms. The van der Waals surface area contributed by atoms with E-state index in [1.807, 2.05) is 54.6 Å². The van der Waals surface area contributed by atoms with Crippen LogP contribution in [0.4, 0.5) is 11.4 Å². The molecule has 1 amide bonds. The van der Waals surface area contributed by atoms with Crippen molar-refractivity contribution in [3.8, 4) is 0 Å². The van der Waals surface area contributed by atoms with Crippen molar-refractivity contribution < 1.29 is 9.53 Å². The highest BCUT2D eigenvalue weighted by atomic mass is 16.5. The van der Waals surface area contributed by atoms with Gasteiger partial charge < -0.3 is 15.4 Å². The maximum Gasteiger partial charge on any atom is 0.228 e. The van der Waals surface area contributed by atoms with Gasteiger partial charge in [-0.05, 0) is 29.8 Å². The van der Waals surface area contributed by atoms with Gasteiger partial charge in [-0.1, -0.05) is 30.3 Å². The first-order valence-electron chi connectivity index (χ1n) is 6.94. The highest BCUT2D eigenvalue weighted by Gasteiger charge is 2.03. The second-order valence-electron chi connectivity index (χ2n) is 4.71. The van der Waals surface area contributed by atoms with Crippen LogP contribution >= 0.6 is 0 Å². The highest BCUT2D eigenvalue weighted by Crippen LogP contribution is 2.13. The zero-order valence-corrected chi connectivity index (χ0v) is 12.1. The van der Waals surface area contributed by atoms with Crippen molar-refractivity contribution in [3.63, 3.8) is 0 Å². The van der Waals surface area contributed by atoms with Crippen molar-refractivity contribution in [2.75, 3.05) is 30.9 Å². The van der Waals surface area contributed by atoms with Crippen LogP contribution in [0.15, 0.2) is 54.6 Å². The maximum atomic E-state index is 11.9. The zero-order valence-electron chi connectivity index (χ0n) is 12.1. The topological polar surface area (TPSA) is 50.4 Å². The number of hydrogen-bond donors (Lipinski definition) is 2. The van der Waals surface area contributed by atoms with Crippen molar-refractivity contribution in [3.05, 3.63) is 60.2 Å². The summed E-state index contributed by atoms with van der Waals surface area (Å²) in [7, 11) is 1.67. The molecule has 0 saturated carbocycles. The van der Waals surface area contributed by atoms with Crippen LogP contribution in [0.2, 0.25) is 0 Å². The normalized spacial score (nSPS) is 10.1. The summed E-state index contributed by atoms with van der Waals surface area (Å²) in [5, 5.41) is 6.12. The number of benzene rings is 2. The lowest BCUT2D eigenvalue weighted by Gasteiger charge is -2.08. The quantitative estimate of drug-likeness (QED) is 0.769. The van der Waals surface area contributed by atoms with Crippen LogP contribution in [0, 0.1) is 0 Å². The van der Waals surface area contributed by atoms with Gasteiger partial charge in [0.2, 0.25) is 5.91 Å². The molecule has 4 heteroatoms. The molecule has 4 nitrogen and oxygen atoms in total. The monoisotopic (exact) mass is 284 g/mol. The third-order valence-electron chi connectivity index (χ3n) is 3.01. The van der Waals surface area contributed by atoms with E-state index in [0.717, 1.165) is 23.5 Å². The summed E-state index contributed by atoms with van der Waals surface area (Å²) in [5.41, 5.74) is 2.81. The molecule has 2 N–H and O–H groups in total. The summed E-state index contributed by atoms with van der Waals surface area (Å²) >= 11 is 0. The fourth-order valence-electron chi connectivity index (χ4n) is 1.96. The van der Waals surface area contributed by atoms with E-state index in [2.05, 4.69) is 10.6 Å². The van der Waals surface area contributed by atoms with Gasteiger partial charge in [0.25, 0.3) is 0 Å². The minimum Gasteiger partial charge on any atom is -0.383 e. The number of nitrogens with one attached hydrogen (secondary N) is 2. The minimum atomic E-state index is -0.0127. The molecule has 0 aromatic heterocycles. The van der Waals surface area contributed by atoms with E-state index in [-0.39, 0.29) is 5.91 Å². The summed E-state index contributed by atoms with van der Waals surface area (Å²) in [6.07, 6.45) is 0.384. The van der Waals surface area contributed by atoms with E-state index < -0.39 is 0 Å². The Bertz CT molecular complexity index is 553. The summed E-state index contributed by atoms with van der Waals surface area (Å²) in [4.78, 5) is 11.9. The number of hydrogen-bond acceptors (Lipinski definition) is 3. The van der Waals surface area contributed by atoms with Gasteiger partial charge >= 0.3 is 0 Å². The van der Waals surface area contributed by atoms with Crippen LogP contribution in [0.3, 0.4) is 0 Å². The Morgan fingerprint density at radius 2 is 1.67 bits per heavy atom. The Balaban J connectivity index is 1.83. The molecule has 0 fully saturated rings. The molecule has 0 aliphatic rings. The van der Waals surface area contributed by atoms with Gasteiger partial charge in [0.1, 0.15) is 0 Å². The Hall–Kier alpha value is -2.33. The summed E-state index contributed by atoms with van der Waals surface area (Å²) in [6.45, 7) is 1.42. The predicted octanol–water partition coefficient (Wildman–Crippen LogP) is 2.93. The Morgan fingerprint density at radius 1 is 1.00 bits per heavy atom. The molecule has 2 rings (SSSR count). The van der Waals surface area contributed by atoms with Crippen LogP contribution in [-0.4, -0.2) is 26.2 Å². The van der Waals surface area contributed by atoms with Crippen molar-refractivity contribution in [2.45, 2.75) is 6.42 Å². The van der Waals surface area contributed by atoms with E-state index in [1.165, 1.54) is 0 Å². The highest BCUT2D eigenvalue weighted by molar-refractivity contribution is 5.92. The fourth-order valence-corrected chi connectivity index (χ4v) is 1.96. The van der Waals surface area contributed by atoms with Crippen molar-refractivity contribution in [1.29, 1.82) is 0 Å². The molecule has 0 aliphatic heterocycles. The predicted molar refractivity (Wildman–Crippen MR) is 85.6 cm³/mol. The van der Waals surface area contributed by atoms with E-state index in [0.29, 0.717) is 13.0 Å². The van der Waals surface area contributed by atoms with Crippen LogP contribution < -0.4 is 10.6 Å². The number of methoxy groups -OCH3 is 1. The lowest BCUT2D eigenvalue weighted by atomic mass is 10.1. The van der Waals surface area contributed by atoms with Crippen LogP contribution in [0.25, 0.3) is 0 Å².